The minimum atomic E-state index is -0.898. The molecule has 0 spiro atoms. The van der Waals surface area contributed by atoms with E-state index in [1.54, 1.807) is 18.2 Å². The first-order chi connectivity index (χ1) is 10.5. The summed E-state index contributed by atoms with van der Waals surface area (Å²) in [5, 5.41) is 2.56. The summed E-state index contributed by atoms with van der Waals surface area (Å²) in [5.74, 6) is -0.0185. The lowest BCUT2D eigenvalue weighted by Crippen LogP contribution is -2.35. The number of methoxy groups -OCH3 is 1. The van der Waals surface area contributed by atoms with E-state index in [1.165, 1.54) is 20.1 Å². The molecule has 22 heavy (non-hydrogen) atoms. The molecule has 0 aliphatic carbocycles. The summed E-state index contributed by atoms with van der Waals surface area (Å²) < 4.78 is 15.7. The van der Waals surface area contributed by atoms with E-state index in [2.05, 4.69) is 11.9 Å². The molecular weight excluding hydrogens is 286 g/mol. The van der Waals surface area contributed by atoms with Gasteiger partial charge in [-0.15, -0.1) is 6.58 Å². The van der Waals surface area contributed by atoms with Gasteiger partial charge < -0.3 is 19.5 Å². The predicted molar refractivity (Wildman–Crippen MR) is 82.2 cm³/mol. The fourth-order valence-corrected chi connectivity index (χ4v) is 1.67. The maximum atomic E-state index is 12.1. The molecule has 0 fully saturated rings. The van der Waals surface area contributed by atoms with Gasteiger partial charge in [0.25, 0.3) is 5.91 Å². The van der Waals surface area contributed by atoms with Gasteiger partial charge in [0, 0.05) is 6.54 Å². The van der Waals surface area contributed by atoms with Crippen LogP contribution in [0.15, 0.2) is 30.9 Å². The zero-order chi connectivity index (χ0) is 16.5. The molecule has 0 radical (unpaired) electrons. The van der Waals surface area contributed by atoms with E-state index in [4.69, 9.17) is 14.2 Å². The van der Waals surface area contributed by atoms with Crippen molar-refractivity contribution in [3.63, 3.8) is 0 Å². The molecule has 0 unspecified atom stereocenters. The minimum Gasteiger partial charge on any atom is -0.493 e. The Morgan fingerprint density at radius 1 is 1.36 bits per heavy atom. The third kappa shape index (κ3) is 4.80. The lowest BCUT2D eigenvalue weighted by molar-refractivity contribution is -0.128. The molecule has 0 aliphatic heterocycles. The molecule has 0 bridgehead atoms. The summed E-state index contributed by atoms with van der Waals surface area (Å²) in [6.45, 7) is 7.59. The highest BCUT2D eigenvalue weighted by molar-refractivity contribution is 5.92. The van der Waals surface area contributed by atoms with Gasteiger partial charge in [0.15, 0.2) is 17.6 Å². The van der Waals surface area contributed by atoms with Gasteiger partial charge in [0.1, 0.15) is 0 Å². The van der Waals surface area contributed by atoms with Gasteiger partial charge in [0.2, 0.25) is 0 Å². The molecule has 1 amide bonds. The summed E-state index contributed by atoms with van der Waals surface area (Å²) in [6, 6.07) is 4.70. The molecule has 0 saturated heterocycles. The van der Waals surface area contributed by atoms with Gasteiger partial charge in [-0.25, -0.2) is 4.79 Å². The number of carbonyl (C=O) groups is 2. The number of nitrogens with one attached hydrogen (secondary N) is 1. The van der Waals surface area contributed by atoms with E-state index in [0.717, 1.165) is 0 Å². The van der Waals surface area contributed by atoms with Crippen molar-refractivity contribution in [2.45, 2.75) is 20.0 Å². The normalized spacial score (nSPS) is 11.2. The van der Waals surface area contributed by atoms with Crippen LogP contribution in [0.2, 0.25) is 0 Å². The van der Waals surface area contributed by atoms with Crippen molar-refractivity contribution in [1.29, 1.82) is 0 Å². The van der Waals surface area contributed by atoms with Crippen LogP contribution in [0.5, 0.6) is 11.5 Å². The van der Waals surface area contributed by atoms with Crippen molar-refractivity contribution in [3.8, 4) is 11.5 Å². The van der Waals surface area contributed by atoms with E-state index in [1.807, 2.05) is 6.92 Å². The molecule has 1 N–H and O–H groups in total. The first-order valence-electron chi connectivity index (χ1n) is 6.93. The van der Waals surface area contributed by atoms with Crippen LogP contribution in [-0.4, -0.2) is 38.2 Å². The van der Waals surface area contributed by atoms with E-state index in [9.17, 15) is 9.59 Å². The van der Waals surface area contributed by atoms with Crippen LogP contribution < -0.4 is 14.8 Å². The van der Waals surface area contributed by atoms with Crippen molar-refractivity contribution in [2.24, 2.45) is 0 Å². The third-order valence-electron chi connectivity index (χ3n) is 2.77. The third-order valence-corrected chi connectivity index (χ3v) is 2.77. The monoisotopic (exact) mass is 307 g/mol. The fourth-order valence-electron chi connectivity index (χ4n) is 1.67. The molecule has 1 aromatic rings. The Labute approximate surface area is 130 Å². The van der Waals surface area contributed by atoms with Crippen molar-refractivity contribution in [1.82, 2.24) is 5.32 Å². The van der Waals surface area contributed by atoms with Crippen LogP contribution in [0.25, 0.3) is 0 Å². The quantitative estimate of drug-likeness (QED) is 0.587. The average Bonchev–Trinajstić information content (AvgIpc) is 2.52. The van der Waals surface area contributed by atoms with Crippen LogP contribution in [0, 0.1) is 0 Å². The van der Waals surface area contributed by atoms with Crippen LogP contribution in [0.4, 0.5) is 0 Å². The molecular formula is C16H21NO5. The molecule has 1 aromatic carbocycles. The Kier molecular flexibility index (Phi) is 6.95. The second-order valence-electron chi connectivity index (χ2n) is 4.38. The highest BCUT2D eigenvalue weighted by atomic mass is 16.5. The van der Waals surface area contributed by atoms with Gasteiger partial charge in [-0.3, -0.25) is 4.79 Å². The van der Waals surface area contributed by atoms with Gasteiger partial charge in [-0.1, -0.05) is 6.08 Å². The molecule has 0 heterocycles. The number of carbonyl (C=O) groups excluding carboxylic acids is 2. The van der Waals surface area contributed by atoms with E-state index < -0.39 is 12.1 Å². The number of benzene rings is 1. The number of amides is 1. The smallest absolute Gasteiger partial charge is 0.339 e. The van der Waals surface area contributed by atoms with E-state index in [0.29, 0.717) is 24.7 Å². The predicted octanol–water partition coefficient (Wildman–Crippen LogP) is 1.94. The standard InChI is InChI=1S/C16H21NO5/c1-5-9-17-15(18)11(3)22-16(19)12-7-8-13(20-4)14(10-12)21-6-2/h5,7-8,10-11H,1,6,9H2,2-4H3,(H,17,18)/t11-/m0/s1. The molecule has 1 rings (SSSR count). The molecule has 0 aliphatic rings. The van der Waals surface area contributed by atoms with Gasteiger partial charge in [-0.05, 0) is 32.0 Å². The fraction of sp³-hybridized carbons (Fsp3) is 0.375. The number of hydrogen-bond acceptors (Lipinski definition) is 5. The molecule has 1 atom stereocenters. The lowest BCUT2D eigenvalue weighted by atomic mass is 10.2. The number of ether oxygens (including phenoxy) is 3. The second-order valence-corrected chi connectivity index (χ2v) is 4.38. The lowest BCUT2D eigenvalue weighted by Gasteiger charge is -2.14. The Morgan fingerprint density at radius 2 is 2.09 bits per heavy atom. The molecule has 120 valence electrons. The van der Waals surface area contributed by atoms with Gasteiger partial charge in [-0.2, -0.15) is 0 Å². The van der Waals surface area contributed by atoms with Crippen LogP contribution in [0.3, 0.4) is 0 Å². The average molecular weight is 307 g/mol. The van der Waals surface area contributed by atoms with Crippen LogP contribution >= 0.6 is 0 Å². The van der Waals surface area contributed by atoms with Crippen molar-refractivity contribution >= 4 is 11.9 Å². The maximum absolute atomic E-state index is 12.1. The van der Waals surface area contributed by atoms with Crippen LogP contribution in [0.1, 0.15) is 24.2 Å². The molecule has 6 nitrogen and oxygen atoms in total. The van der Waals surface area contributed by atoms with E-state index >= 15 is 0 Å². The van der Waals surface area contributed by atoms with Gasteiger partial charge >= 0.3 is 5.97 Å². The molecule has 0 saturated carbocycles. The number of esters is 1. The molecule has 6 heteroatoms. The largest absolute Gasteiger partial charge is 0.493 e. The highest BCUT2D eigenvalue weighted by Crippen LogP contribution is 2.28. The Balaban J connectivity index is 2.78. The summed E-state index contributed by atoms with van der Waals surface area (Å²) in [7, 11) is 1.52. The first-order valence-corrected chi connectivity index (χ1v) is 6.93. The van der Waals surface area contributed by atoms with E-state index in [-0.39, 0.29) is 11.5 Å². The van der Waals surface area contributed by atoms with Crippen molar-refractivity contribution in [2.75, 3.05) is 20.3 Å². The Bertz CT molecular complexity index is 541. The number of rotatable bonds is 8. The topological polar surface area (TPSA) is 73.9 Å². The summed E-state index contributed by atoms with van der Waals surface area (Å²) in [6.07, 6.45) is 0.648. The summed E-state index contributed by atoms with van der Waals surface area (Å²) in [4.78, 5) is 23.7. The zero-order valence-electron chi connectivity index (χ0n) is 13.0. The maximum Gasteiger partial charge on any atom is 0.339 e. The second kappa shape index (κ2) is 8.71. The Morgan fingerprint density at radius 3 is 2.68 bits per heavy atom. The minimum absolute atomic E-state index is 0.285. The van der Waals surface area contributed by atoms with Crippen molar-refractivity contribution < 1.29 is 23.8 Å². The molecule has 0 aromatic heterocycles. The highest BCUT2D eigenvalue weighted by Gasteiger charge is 2.19. The van der Waals surface area contributed by atoms with Crippen molar-refractivity contribution in [3.05, 3.63) is 36.4 Å². The SMILES string of the molecule is C=CCNC(=O)[C@H](C)OC(=O)c1ccc(OC)c(OCC)c1. The Hall–Kier alpha value is -2.50. The zero-order valence-corrected chi connectivity index (χ0v) is 13.0. The summed E-state index contributed by atoms with van der Waals surface area (Å²) >= 11 is 0. The number of hydrogen-bond donors (Lipinski definition) is 1. The first kappa shape index (κ1) is 17.6. The van der Waals surface area contributed by atoms with Gasteiger partial charge in [0.05, 0.1) is 19.3 Å². The summed E-state index contributed by atoms with van der Waals surface area (Å²) in [5.41, 5.74) is 0.285. The van der Waals surface area contributed by atoms with Crippen LogP contribution in [-0.2, 0) is 9.53 Å².